The fourth-order valence-electron chi connectivity index (χ4n) is 2.99. The minimum Gasteiger partial charge on any atom is -0.341 e. The molecule has 16 heavy (non-hydrogen) atoms. The molecular formula is C13H24N2O. The molecule has 0 radical (unpaired) electrons. The molecule has 1 saturated heterocycles. The van der Waals surface area contributed by atoms with Crippen LogP contribution in [0.2, 0.25) is 0 Å². The van der Waals surface area contributed by atoms with E-state index in [0.29, 0.717) is 0 Å². The molecule has 2 N–H and O–H groups in total. The van der Waals surface area contributed by atoms with E-state index in [-0.39, 0.29) is 5.91 Å². The smallest absolute Gasteiger partial charge is 0.242 e. The summed E-state index contributed by atoms with van der Waals surface area (Å²) in [5, 5.41) is 0. The van der Waals surface area contributed by atoms with Gasteiger partial charge in [-0.2, -0.15) is 0 Å². The van der Waals surface area contributed by atoms with Gasteiger partial charge in [0.05, 0.1) is 5.54 Å². The SMILES string of the molecule is NC1(C(=O)N2CCCCC2)CCCCCC1. The lowest BCUT2D eigenvalue weighted by Crippen LogP contribution is -2.56. The third kappa shape index (κ3) is 2.57. The van der Waals surface area contributed by atoms with Crippen molar-refractivity contribution >= 4 is 5.91 Å². The summed E-state index contributed by atoms with van der Waals surface area (Å²) in [6.45, 7) is 1.86. The zero-order valence-electron chi connectivity index (χ0n) is 10.2. The maximum atomic E-state index is 12.4. The van der Waals surface area contributed by atoms with Gasteiger partial charge >= 0.3 is 0 Å². The predicted molar refractivity (Wildman–Crippen MR) is 65.1 cm³/mol. The monoisotopic (exact) mass is 224 g/mol. The van der Waals surface area contributed by atoms with E-state index < -0.39 is 5.54 Å². The van der Waals surface area contributed by atoms with Crippen molar-refractivity contribution in [1.29, 1.82) is 0 Å². The second-order valence-electron chi connectivity index (χ2n) is 5.42. The molecule has 0 atom stereocenters. The Bertz CT molecular complexity index is 238. The van der Waals surface area contributed by atoms with E-state index >= 15 is 0 Å². The van der Waals surface area contributed by atoms with E-state index in [1.54, 1.807) is 0 Å². The molecule has 0 unspecified atom stereocenters. The van der Waals surface area contributed by atoms with Gasteiger partial charge in [0.2, 0.25) is 5.91 Å². The van der Waals surface area contributed by atoms with Gasteiger partial charge in [0, 0.05) is 13.1 Å². The Morgan fingerprint density at radius 1 is 0.875 bits per heavy atom. The minimum absolute atomic E-state index is 0.231. The van der Waals surface area contributed by atoms with Crippen LogP contribution in [0.15, 0.2) is 0 Å². The van der Waals surface area contributed by atoms with Gasteiger partial charge in [-0.1, -0.05) is 25.7 Å². The molecule has 2 aliphatic rings. The van der Waals surface area contributed by atoms with Crippen molar-refractivity contribution in [3.63, 3.8) is 0 Å². The molecule has 1 aliphatic heterocycles. The average molecular weight is 224 g/mol. The van der Waals surface area contributed by atoms with E-state index in [1.807, 2.05) is 4.90 Å². The van der Waals surface area contributed by atoms with Crippen molar-refractivity contribution in [3.05, 3.63) is 0 Å². The summed E-state index contributed by atoms with van der Waals surface area (Å²) in [6, 6.07) is 0. The van der Waals surface area contributed by atoms with Gasteiger partial charge in [-0.25, -0.2) is 0 Å². The first kappa shape index (κ1) is 11.9. The van der Waals surface area contributed by atoms with E-state index in [9.17, 15) is 4.79 Å². The zero-order valence-corrected chi connectivity index (χ0v) is 10.2. The van der Waals surface area contributed by atoms with E-state index in [1.165, 1.54) is 19.3 Å². The van der Waals surface area contributed by atoms with Crippen molar-refractivity contribution < 1.29 is 4.79 Å². The number of nitrogens with two attached hydrogens (primary N) is 1. The van der Waals surface area contributed by atoms with Gasteiger partial charge in [-0.3, -0.25) is 4.79 Å². The molecule has 0 bridgehead atoms. The van der Waals surface area contributed by atoms with E-state index in [2.05, 4.69) is 0 Å². The summed E-state index contributed by atoms with van der Waals surface area (Å²) in [5.41, 5.74) is 5.81. The molecule has 1 saturated carbocycles. The number of hydrogen-bond donors (Lipinski definition) is 1. The maximum Gasteiger partial charge on any atom is 0.242 e. The molecule has 0 spiro atoms. The van der Waals surface area contributed by atoms with Gasteiger partial charge in [-0.15, -0.1) is 0 Å². The van der Waals surface area contributed by atoms with Crippen LogP contribution < -0.4 is 5.73 Å². The van der Waals surface area contributed by atoms with Crippen molar-refractivity contribution in [2.75, 3.05) is 13.1 Å². The van der Waals surface area contributed by atoms with Crippen LogP contribution in [0.4, 0.5) is 0 Å². The number of piperidine rings is 1. The van der Waals surface area contributed by atoms with Crippen LogP contribution in [0.25, 0.3) is 0 Å². The number of rotatable bonds is 1. The molecule has 3 heteroatoms. The molecule has 3 nitrogen and oxygen atoms in total. The number of carbonyl (C=O) groups excluding carboxylic acids is 1. The summed E-state index contributed by atoms with van der Waals surface area (Å²) >= 11 is 0. The maximum absolute atomic E-state index is 12.4. The predicted octanol–water partition coefficient (Wildman–Crippen LogP) is 2.05. The lowest BCUT2D eigenvalue weighted by molar-refractivity contribution is -0.138. The lowest BCUT2D eigenvalue weighted by Gasteiger charge is -2.35. The first-order valence-corrected chi connectivity index (χ1v) is 6.81. The van der Waals surface area contributed by atoms with Crippen molar-refractivity contribution in [2.45, 2.75) is 63.3 Å². The van der Waals surface area contributed by atoms with E-state index in [4.69, 9.17) is 5.73 Å². The topological polar surface area (TPSA) is 46.3 Å². The Hall–Kier alpha value is -0.570. The van der Waals surface area contributed by atoms with Crippen molar-refractivity contribution in [3.8, 4) is 0 Å². The number of amides is 1. The molecule has 0 aromatic rings. The highest BCUT2D eigenvalue weighted by atomic mass is 16.2. The average Bonchev–Trinajstić information content (AvgIpc) is 2.55. The summed E-state index contributed by atoms with van der Waals surface area (Å²) in [7, 11) is 0. The Morgan fingerprint density at radius 3 is 1.94 bits per heavy atom. The van der Waals surface area contributed by atoms with Crippen LogP contribution in [0, 0.1) is 0 Å². The molecule has 1 aliphatic carbocycles. The van der Waals surface area contributed by atoms with Crippen LogP contribution in [0.1, 0.15) is 57.8 Å². The molecule has 1 amide bonds. The molecule has 0 aromatic carbocycles. The fraction of sp³-hybridized carbons (Fsp3) is 0.923. The highest BCUT2D eigenvalue weighted by molar-refractivity contribution is 5.86. The molecule has 92 valence electrons. The Morgan fingerprint density at radius 2 is 1.38 bits per heavy atom. The first-order valence-electron chi connectivity index (χ1n) is 6.81. The van der Waals surface area contributed by atoms with E-state index in [0.717, 1.165) is 51.6 Å². The third-order valence-corrected chi connectivity index (χ3v) is 4.06. The van der Waals surface area contributed by atoms with Gasteiger partial charge in [0.1, 0.15) is 0 Å². The van der Waals surface area contributed by atoms with Gasteiger partial charge in [0.25, 0.3) is 0 Å². The van der Waals surface area contributed by atoms with Crippen molar-refractivity contribution in [2.24, 2.45) is 5.73 Å². The summed E-state index contributed by atoms with van der Waals surface area (Å²) < 4.78 is 0. The number of nitrogens with zero attached hydrogens (tertiary/aromatic N) is 1. The third-order valence-electron chi connectivity index (χ3n) is 4.06. The Kier molecular flexibility index (Phi) is 3.85. The second kappa shape index (κ2) is 5.17. The highest BCUT2D eigenvalue weighted by Crippen LogP contribution is 2.27. The standard InChI is InChI=1S/C13H24N2O/c14-13(8-4-1-2-5-9-13)12(16)15-10-6-3-7-11-15/h1-11,14H2. The molecule has 0 aromatic heterocycles. The Labute approximate surface area is 98.4 Å². The van der Waals surface area contributed by atoms with Crippen LogP contribution in [-0.4, -0.2) is 29.4 Å². The summed E-state index contributed by atoms with van der Waals surface area (Å²) in [4.78, 5) is 14.4. The van der Waals surface area contributed by atoms with Crippen LogP contribution >= 0.6 is 0 Å². The number of carbonyl (C=O) groups is 1. The van der Waals surface area contributed by atoms with Gasteiger partial charge < -0.3 is 10.6 Å². The van der Waals surface area contributed by atoms with Crippen molar-refractivity contribution in [1.82, 2.24) is 4.90 Å². The molecule has 1 heterocycles. The normalized spacial score (nSPS) is 26.2. The zero-order chi connectivity index (χ0) is 11.4. The van der Waals surface area contributed by atoms with Gasteiger partial charge in [-0.05, 0) is 32.1 Å². The summed E-state index contributed by atoms with van der Waals surface area (Å²) in [6.07, 6.45) is 10.1. The van der Waals surface area contributed by atoms with Gasteiger partial charge in [0.15, 0.2) is 0 Å². The molecular weight excluding hydrogens is 200 g/mol. The fourth-order valence-corrected chi connectivity index (χ4v) is 2.99. The quantitative estimate of drug-likeness (QED) is 0.693. The number of hydrogen-bond acceptors (Lipinski definition) is 2. The van der Waals surface area contributed by atoms with Crippen LogP contribution in [-0.2, 0) is 4.79 Å². The largest absolute Gasteiger partial charge is 0.341 e. The van der Waals surface area contributed by atoms with Crippen LogP contribution in [0.3, 0.4) is 0 Å². The minimum atomic E-state index is -0.534. The molecule has 2 fully saturated rings. The highest BCUT2D eigenvalue weighted by Gasteiger charge is 2.37. The Balaban J connectivity index is 1.99. The summed E-state index contributed by atoms with van der Waals surface area (Å²) in [5.74, 6) is 0.231. The second-order valence-corrected chi connectivity index (χ2v) is 5.42. The lowest BCUT2D eigenvalue weighted by atomic mass is 9.89. The first-order chi connectivity index (χ1) is 7.72. The molecule has 2 rings (SSSR count). The number of likely N-dealkylation sites (tertiary alicyclic amines) is 1. The van der Waals surface area contributed by atoms with Crippen LogP contribution in [0.5, 0.6) is 0 Å².